The van der Waals surface area contributed by atoms with Gasteiger partial charge in [-0.2, -0.15) is 17.0 Å². The van der Waals surface area contributed by atoms with E-state index >= 15 is 0 Å². The number of halogens is 2. The molecule has 0 aliphatic carbocycles. The normalized spacial score (nSPS) is 18.6. The maximum absolute atomic E-state index is 9.36. The molecule has 1 fully saturated rings. The third-order valence-corrected chi connectivity index (χ3v) is 4.41. The van der Waals surface area contributed by atoms with Crippen LogP contribution < -0.4 is 0 Å². The quantitative estimate of drug-likeness (QED) is 0.831. The van der Waals surface area contributed by atoms with Crippen molar-refractivity contribution in [2.45, 2.75) is 6.04 Å². The monoisotopic (exact) mass is 286 g/mol. The van der Waals surface area contributed by atoms with Crippen LogP contribution in [0.25, 0.3) is 0 Å². The minimum Gasteiger partial charge on any atom is -0.283 e. The lowest BCUT2D eigenvalue weighted by atomic mass is 10.1. The molecule has 0 radical (unpaired) electrons. The van der Waals surface area contributed by atoms with Gasteiger partial charge in [-0.15, -0.1) is 0 Å². The molecule has 0 unspecified atom stereocenters. The van der Waals surface area contributed by atoms with Gasteiger partial charge in [0.25, 0.3) is 0 Å². The Balaban J connectivity index is 2.32. The Morgan fingerprint density at radius 3 is 2.35 bits per heavy atom. The summed E-state index contributed by atoms with van der Waals surface area (Å²) < 4.78 is 0. The lowest BCUT2D eigenvalue weighted by molar-refractivity contribution is 0.261. The van der Waals surface area contributed by atoms with Crippen LogP contribution in [0.3, 0.4) is 0 Å². The Morgan fingerprint density at radius 1 is 1.24 bits per heavy atom. The highest BCUT2D eigenvalue weighted by Gasteiger charge is 2.25. The van der Waals surface area contributed by atoms with Crippen molar-refractivity contribution in [2.24, 2.45) is 0 Å². The van der Waals surface area contributed by atoms with Crippen LogP contribution in [0.15, 0.2) is 18.2 Å². The van der Waals surface area contributed by atoms with Crippen LogP contribution in [-0.4, -0.2) is 29.5 Å². The predicted molar refractivity (Wildman–Crippen MR) is 73.7 cm³/mol. The molecule has 1 atom stereocenters. The molecule has 17 heavy (non-hydrogen) atoms. The van der Waals surface area contributed by atoms with Crippen molar-refractivity contribution in [1.29, 1.82) is 5.26 Å². The van der Waals surface area contributed by atoms with Crippen molar-refractivity contribution >= 4 is 35.0 Å². The molecule has 0 aromatic heterocycles. The topological polar surface area (TPSA) is 27.0 Å². The van der Waals surface area contributed by atoms with Crippen LogP contribution in [0.5, 0.6) is 0 Å². The van der Waals surface area contributed by atoms with E-state index in [4.69, 9.17) is 23.2 Å². The van der Waals surface area contributed by atoms with Crippen molar-refractivity contribution in [1.82, 2.24) is 4.90 Å². The summed E-state index contributed by atoms with van der Waals surface area (Å²) in [4.78, 5) is 2.14. The van der Waals surface area contributed by atoms with E-state index in [1.165, 1.54) is 0 Å². The van der Waals surface area contributed by atoms with Gasteiger partial charge in [-0.25, -0.2) is 0 Å². The summed E-state index contributed by atoms with van der Waals surface area (Å²) >= 11 is 14.2. The fourth-order valence-electron chi connectivity index (χ4n) is 1.94. The maximum atomic E-state index is 9.36. The van der Waals surface area contributed by atoms with Crippen molar-refractivity contribution in [2.75, 3.05) is 24.6 Å². The molecule has 0 N–H and O–H groups in total. The van der Waals surface area contributed by atoms with Gasteiger partial charge in [0.15, 0.2) is 0 Å². The van der Waals surface area contributed by atoms with Crippen LogP contribution in [0.2, 0.25) is 10.0 Å². The van der Waals surface area contributed by atoms with Gasteiger partial charge in [0.1, 0.15) is 6.04 Å². The maximum Gasteiger partial charge on any atom is 0.126 e. The summed E-state index contributed by atoms with van der Waals surface area (Å²) in [5.41, 5.74) is 0.741. The zero-order valence-corrected chi connectivity index (χ0v) is 11.5. The standard InChI is InChI=1S/C12H12Cl2N2S/c13-9-2-1-3-10(14)12(9)11(8-15)16-4-6-17-7-5-16/h1-3,11H,4-7H2/t11-/m1/s1. The van der Waals surface area contributed by atoms with Gasteiger partial charge in [0.05, 0.1) is 6.07 Å². The van der Waals surface area contributed by atoms with Crippen molar-refractivity contribution in [3.63, 3.8) is 0 Å². The first-order valence-corrected chi connectivity index (χ1v) is 7.30. The first kappa shape index (κ1) is 13.0. The van der Waals surface area contributed by atoms with Crippen molar-refractivity contribution < 1.29 is 0 Å². The number of hydrogen-bond acceptors (Lipinski definition) is 3. The molecule has 0 amide bonds. The Morgan fingerprint density at radius 2 is 1.82 bits per heavy atom. The lowest BCUT2D eigenvalue weighted by Crippen LogP contribution is -2.35. The van der Waals surface area contributed by atoms with Gasteiger partial charge in [0.2, 0.25) is 0 Å². The molecule has 1 heterocycles. The molecule has 1 saturated heterocycles. The third kappa shape index (κ3) is 2.89. The largest absolute Gasteiger partial charge is 0.283 e. The van der Waals surface area contributed by atoms with Gasteiger partial charge >= 0.3 is 0 Å². The number of benzene rings is 1. The number of nitriles is 1. The Kier molecular flexibility index (Phi) is 4.58. The van der Waals surface area contributed by atoms with Gasteiger partial charge in [0, 0.05) is 40.2 Å². The molecule has 1 aromatic carbocycles. The fourth-order valence-corrected chi connectivity index (χ4v) is 3.47. The summed E-state index contributed by atoms with van der Waals surface area (Å²) in [6, 6.07) is 7.35. The smallest absolute Gasteiger partial charge is 0.126 e. The molecule has 1 aliphatic rings. The third-order valence-electron chi connectivity index (χ3n) is 2.81. The highest BCUT2D eigenvalue weighted by atomic mass is 35.5. The number of hydrogen-bond donors (Lipinski definition) is 0. The van der Waals surface area contributed by atoms with E-state index in [1.54, 1.807) is 18.2 Å². The minimum absolute atomic E-state index is 0.336. The molecule has 1 aromatic rings. The zero-order valence-electron chi connectivity index (χ0n) is 9.20. The second-order valence-corrected chi connectivity index (χ2v) is 5.85. The average Bonchev–Trinajstić information content (AvgIpc) is 2.35. The Labute approximate surface area is 115 Å². The molecule has 1 aliphatic heterocycles. The van der Waals surface area contributed by atoms with Crippen molar-refractivity contribution in [3.8, 4) is 6.07 Å². The van der Waals surface area contributed by atoms with E-state index in [-0.39, 0.29) is 6.04 Å². The van der Waals surface area contributed by atoms with E-state index < -0.39 is 0 Å². The van der Waals surface area contributed by atoms with Crippen LogP contribution >= 0.6 is 35.0 Å². The molecular weight excluding hydrogens is 275 g/mol. The second kappa shape index (κ2) is 5.97. The highest BCUT2D eigenvalue weighted by Crippen LogP contribution is 2.34. The molecule has 2 rings (SSSR count). The summed E-state index contributed by atoms with van der Waals surface area (Å²) in [6.45, 7) is 1.81. The van der Waals surface area contributed by atoms with Gasteiger partial charge < -0.3 is 0 Å². The first-order chi connectivity index (χ1) is 8.24. The molecule has 2 nitrogen and oxygen atoms in total. The fraction of sp³-hybridized carbons (Fsp3) is 0.417. The Hall–Kier alpha value is -0.400. The molecule has 90 valence electrons. The number of rotatable bonds is 2. The molecule has 0 bridgehead atoms. The second-order valence-electron chi connectivity index (χ2n) is 3.82. The summed E-state index contributed by atoms with van der Waals surface area (Å²) in [7, 11) is 0. The highest BCUT2D eigenvalue weighted by molar-refractivity contribution is 7.99. The number of thioether (sulfide) groups is 1. The van der Waals surface area contributed by atoms with Crippen LogP contribution in [0.1, 0.15) is 11.6 Å². The van der Waals surface area contributed by atoms with E-state index in [0.717, 1.165) is 30.2 Å². The summed E-state index contributed by atoms with van der Waals surface area (Å²) in [5, 5.41) is 10.5. The number of nitrogens with zero attached hydrogens (tertiary/aromatic N) is 2. The zero-order chi connectivity index (χ0) is 12.3. The molecule has 5 heteroatoms. The van der Waals surface area contributed by atoms with Gasteiger partial charge in [-0.3, -0.25) is 4.90 Å². The van der Waals surface area contributed by atoms with E-state index in [1.807, 2.05) is 11.8 Å². The SMILES string of the molecule is N#C[C@H](c1c(Cl)cccc1Cl)N1CCSCC1. The van der Waals surface area contributed by atoms with Crippen LogP contribution in [0, 0.1) is 11.3 Å². The van der Waals surface area contributed by atoms with Crippen molar-refractivity contribution in [3.05, 3.63) is 33.8 Å². The average molecular weight is 287 g/mol. The van der Waals surface area contributed by atoms with Crippen LogP contribution in [-0.2, 0) is 0 Å². The van der Waals surface area contributed by atoms with Crippen LogP contribution in [0.4, 0.5) is 0 Å². The molecular formula is C12H12Cl2N2S. The van der Waals surface area contributed by atoms with E-state index in [2.05, 4.69) is 11.0 Å². The lowest BCUT2D eigenvalue weighted by Gasteiger charge is -2.31. The summed E-state index contributed by atoms with van der Waals surface area (Å²) in [5.74, 6) is 2.11. The molecule has 0 saturated carbocycles. The minimum atomic E-state index is -0.336. The van der Waals surface area contributed by atoms with Gasteiger partial charge in [-0.05, 0) is 12.1 Å². The molecule has 0 spiro atoms. The first-order valence-electron chi connectivity index (χ1n) is 5.39. The predicted octanol–water partition coefficient (Wildman–Crippen LogP) is 3.61. The van der Waals surface area contributed by atoms with E-state index in [9.17, 15) is 5.26 Å². The van der Waals surface area contributed by atoms with E-state index in [0.29, 0.717) is 10.0 Å². The van der Waals surface area contributed by atoms with Gasteiger partial charge in [-0.1, -0.05) is 29.3 Å². The Bertz CT molecular complexity index is 418. The summed E-state index contributed by atoms with van der Waals surface area (Å²) in [6.07, 6.45) is 0.